The molecule has 0 aliphatic carbocycles. The van der Waals surface area contributed by atoms with Crippen molar-refractivity contribution in [1.82, 2.24) is 25.6 Å². The summed E-state index contributed by atoms with van der Waals surface area (Å²) in [5.41, 5.74) is 1.88. The number of carbonyl (C=O) groups is 1. The predicted octanol–water partition coefficient (Wildman–Crippen LogP) is 0.722. The molecule has 1 aromatic carbocycles. The summed E-state index contributed by atoms with van der Waals surface area (Å²) < 4.78 is 4.51. The number of hydrogen-bond acceptors (Lipinski definition) is 9. The number of aromatic nitrogens is 5. The van der Waals surface area contributed by atoms with Gasteiger partial charge in [-0.1, -0.05) is 35.5 Å². The Morgan fingerprint density at radius 3 is 2.92 bits per heavy atom. The number of benzene rings is 1. The summed E-state index contributed by atoms with van der Waals surface area (Å²) in [6.45, 7) is 0.122. The molecule has 2 heterocycles. The molecule has 0 bridgehead atoms. The zero-order chi connectivity index (χ0) is 17.5. The average molecular weight is 357 g/mol. The van der Waals surface area contributed by atoms with E-state index in [1.807, 2.05) is 30.3 Å². The van der Waals surface area contributed by atoms with Crippen molar-refractivity contribution in [3.63, 3.8) is 0 Å². The quantitative estimate of drug-likeness (QED) is 0.378. The van der Waals surface area contributed by atoms with Crippen LogP contribution in [-0.2, 0) is 16.1 Å². The summed E-state index contributed by atoms with van der Waals surface area (Å²) in [6, 6.07) is 9.38. The molecule has 126 valence electrons. The lowest BCUT2D eigenvalue weighted by Crippen LogP contribution is -2.11. The topological polar surface area (TPSA) is 127 Å². The zero-order valence-corrected chi connectivity index (χ0v) is 13.9. The number of hydrogen-bond donors (Lipinski definition) is 2. The van der Waals surface area contributed by atoms with E-state index in [0.29, 0.717) is 22.4 Å². The third kappa shape index (κ3) is 4.38. The van der Waals surface area contributed by atoms with Gasteiger partial charge < -0.3 is 9.49 Å². The number of nitrogens with one attached hydrogen (secondary N) is 2. The van der Waals surface area contributed by atoms with Gasteiger partial charge in [0.1, 0.15) is 0 Å². The Morgan fingerprint density at radius 1 is 1.36 bits per heavy atom. The largest absolute Gasteiger partial charge is 0.528 e. The van der Waals surface area contributed by atoms with Crippen LogP contribution in [0.2, 0.25) is 0 Å². The van der Waals surface area contributed by atoms with Gasteiger partial charge in [-0.25, -0.2) is 14.9 Å². The minimum atomic E-state index is -0.580. The van der Waals surface area contributed by atoms with E-state index in [1.54, 1.807) is 5.38 Å². The second-order valence-electron chi connectivity index (χ2n) is 4.59. The van der Waals surface area contributed by atoms with Crippen LogP contribution in [0.5, 0.6) is 0 Å². The Balaban J connectivity index is 1.69. The van der Waals surface area contributed by atoms with Crippen LogP contribution in [0.15, 0.2) is 40.9 Å². The van der Waals surface area contributed by atoms with Crippen molar-refractivity contribution in [2.75, 3.05) is 5.32 Å². The van der Waals surface area contributed by atoms with Crippen molar-refractivity contribution in [2.45, 2.75) is 6.61 Å². The van der Waals surface area contributed by atoms with E-state index >= 15 is 0 Å². The Labute approximate surface area is 146 Å². The zero-order valence-electron chi connectivity index (χ0n) is 13.0. The van der Waals surface area contributed by atoms with Crippen LogP contribution in [0.3, 0.4) is 0 Å². The lowest BCUT2D eigenvalue weighted by Gasteiger charge is -2.03. The summed E-state index contributed by atoms with van der Waals surface area (Å²) in [6.07, 6.45) is -0.580. The van der Waals surface area contributed by atoms with E-state index in [1.165, 1.54) is 19.4 Å². The first-order chi connectivity index (χ1) is 12.3. The van der Waals surface area contributed by atoms with Crippen LogP contribution >= 0.6 is 11.3 Å². The molecule has 0 unspecified atom stereocenters. The number of carbonyl (C=O) groups excluding carboxylic acids is 1. The van der Waals surface area contributed by atoms with Crippen molar-refractivity contribution in [2.24, 2.45) is 5.16 Å². The van der Waals surface area contributed by atoms with Crippen molar-refractivity contribution >= 4 is 36.3 Å². The number of anilines is 1. The van der Waals surface area contributed by atoms with Gasteiger partial charge in [0.05, 0.1) is 5.69 Å². The molecule has 12 heteroatoms. The molecular weight excluding hydrogens is 345 g/mol. The number of H-pyrrole nitrogens is 1. The summed E-state index contributed by atoms with van der Waals surface area (Å²) in [5.74, 6) is 0.387. The van der Waals surface area contributed by atoms with Crippen LogP contribution in [-0.4, -0.2) is 45.5 Å². The fourth-order valence-electron chi connectivity index (χ4n) is 1.82. The number of thiazole rings is 1. The first-order valence-electron chi connectivity index (χ1n) is 7.05. The van der Waals surface area contributed by atoms with Crippen molar-refractivity contribution in [3.8, 4) is 0 Å². The van der Waals surface area contributed by atoms with Crippen LogP contribution in [0.4, 0.5) is 9.93 Å². The molecule has 0 atom stereocenters. The third-order valence-corrected chi connectivity index (χ3v) is 3.74. The molecule has 0 saturated heterocycles. The van der Waals surface area contributed by atoms with Gasteiger partial charge in [-0.15, -0.1) is 16.4 Å². The van der Waals surface area contributed by atoms with E-state index in [0.717, 1.165) is 5.56 Å². The standard InChI is InChI=1S/C13H12BN7O3S/c14-24-13(22)16-12-15-9(7-25-12)6-23-19-10(11-17-20-21-18-11)8-4-2-1-3-5-8/h1-5,7H,6,14H2,(H,15,16,22)(H,17,18,20,21)/b19-10+. The minimum Gasteiger partial charge on any atom is -0.528 e. The molecular formula is C13H12BN7O3S. The van der Waals surface area contributed by atoms with Gasteiger partial charge in [-0.3, -0.25) is 5.32 Å². The van der Waals surface area contributed by atoms with Gasteiger partial charge in [0.2, 0.25) is 5.82 Å². The first kappa shape index (κ1) is 16.6. The Kier molecular flexibility index (Phi) is 5.31. The second kappa shape index (κ2) is 8.01. The van der Waals surface area contributed by atoms with E-state index in [2.05, 4.69) is 40.7 Å². The number of rotatable bonds is 6. The predicted molar refractivity (Wildman–Crippen MR) is 91.8 cm³/mol. The second-order valence-corrected chi connectivity index (χ2v) is 5.45. The molecule has 3 aromatic rings. The summed E-state index contributed by atoms with van der Waals surface area (Å²) >= 11 is 1.26. The van der Waals surface area contributed by atoms with Gasteiger partial charge in [0, 0.05) is 10.9 Å². The maximum absolute atomic E-state index is 11.1. The molecule has 0 aliphatic rings. The summed E-state index contributed by atoms with van der Waals surface area (Å²) in [5, 5.41) is 22.4. The molecule has 2 N–H and O–H groups in total. The smallest absolute Gasteiger partial charge is 0.395 e. The minimum absolute atomic E-state index is 0.122. The molecule has 3 rings (SSSR count). The SMILES string of the molecule is BOC(=O)Nc1nc(CO/N=C(\c2ccccc2)c2nnn[nH]2)cs1. The molecule has 0 fully saturated rings. The van der Waals surface area contributed by atoms with E-state index < -0.39 is 6.09 Å². The number of amides is 1. The maximum atomic E-state index is 11.1. The highest BCUT2D eigenvalue weighted by molar-refractivity contribution is 7.13. The normalized spacial score (nSPS) is 11.1. The highest BCUT2D eigenvalue weighted by atomic mass is 32.1. The van der Waals surface area contributed by atoms with E-state index in [-0.39, 0.29) is 6.61 Å². The number of oxime groups is 1. The summed E-state index contributed by atoms with van der Waals surface area (Å²) in [7, 11) is 1.28. The van der Waals surface area contributed by atoms with Crippen LogP contribution in [0, 0.1) is 0 Å². The highest BCUT2D eigenvalue weighted by Gasteiger charge is 2.12. The molecule has 0 spiro atoms. The molecule has 0 radical (unpaired) electrons. The monoisotopic (exact) mass is 357 g/mol. The third-order valence-electron chi connectivity index (χ3n) is 2.93. The lowest BCUT2D eigenvalue weighted by molar-refractivity contribution is 0.128. The van der Waals surface area contributed by atoms with Gasteiger partial charge in [-0.2, -0.15) is 0 Å². The Morgan fingerprint density at radius 2 is 2.20 bits per heavy atom. The molecule has 2 aromatic heterocycles. The Hall–Kier alpha value is -3.28. The first-order valence-corrected chi connectivity index (χ1v) is 7.93. The highest BCUT2D eigenvalue weighted by Crippen LogP contribution is 2.16. The number of tetrazole rings is 1. The molecule has 0 aliphatic heterocycles. The maximum Gasteiger partial charge on any atom is 0.395 e. The molecule has 0 saturated carbocycles. The van der Waals surface area contributed by atoms with Gasteiger partial charge >= 0.3 is 14.1 Å². The van der Waals surface area contributed by atoms with Crippen LogP contribution in [0.1, 0.15) is 17.1 Å². The number of nitrogens with zero attached hydrogens (tertiary/aromatic N) is 5. The van der Waals surface area contributed by atoms with Crippen LogP contribution in [0.25, 0.3) is 0 Å². The van der Waals surface area contributed by atoms with Gasteiger partial charge in [-0.05, 0) is 10.4 Å². The van der Waals surface area contributed by atoms with Gasteiger partial charge in [0.25, 0.3) is 0 Å². The number of aromatic amines is 1. The van der Waals surface area contributed by atoms with E-state index in [4.69, 9.17) is 4.84 Å². The molecule has 10 nitrogen and oxygen atoms in total. The average Bonchev–Trinajstić information content (AvgIpc) is 3.31. The van der Waals surface area contributed by atoms with Crippen LogP contribution < -0.4 is 5.32 Å². The molecule has 25 heavy (non-hydrogen) atoms. The van der Waals surface area contributed by atoms with E-state index in [9.17, 15) is 4.79 Å². The fraction of sp³-hybridized carbons (Fsp3) is 0.0769. The van der Waals surface area contributed by atoms with Crippen molar-refractivity contribution < 1.29 is 14.3 Å². The molecule has 1 amide bonds. The lowest BCUT2D eigenvalue weighted by atomic mass is 10.1. The van der Waals surface area contributed by atoms with Crippen molar-refractivity contribution in [1.29, 1.82) is 0 Å². The fourth-order valence-corrected chi connectivity index (χ4v) is 2.50. The summed E-state index contributed by atoms with van der Waals surface area (Å²) in [4.78, 5) is 20.7. The van der Waals surface area contributed by atoms with Gasteiger partial charge in [0.15, 0.2) is 17.5 Å². The Bertz CT molecular complexity index is 854. The van der Waals surface area contributed by atoms with Crippen molar-refractivity contribution in [3.05, 3.63) is 52.8 Å².